The summed E-state index contributed by atoms with van der Waals surface area (Å²) >= 11 is 0. The number of ether oxygens (including phenoxy) is 2. The second-order valence-electron chi connectivity index (χ2n) is 4.83. The van der Waals surface area contributed by atoms with Gasteiger partial charge in [-0.05, 0) is 31.6 Å². The summed E-state index contributed by atoms with van der Waals surface area (Å²) < 4.78 is 10.3. The van der Waals surface area contributed by atoms with E-state index in [0.717, 1.165) is 19.8 Å². The lowest BCUT2D eigenvalue weighted by atomic mass is 9.66. The molecule has 0 radical (unpaired) electrons. The Bertz CT molecular complexity index is 169. The van der Waals surface area contributed by atoms with Crippen molar-refractivity contribution in [3.8, 4) is 0 Å². The second kappa shape index (κ2) is 6.46. The van der Waals surface area contributed by atoms with Gasteiger partial charge in [-0.3, -0.25) is 0 Å². The average molecular weight is 215 g/mol. The fourth-order valence-corrected chi connectivity index (χ4v) is 2.21. The lowest BCUT2D eigenvalue weighted by molar-refractivity contribution is 0.0624. The Morgan fingerprint density at radius 2 is 2.00 bits per heavy atom. The highest BCUT2D eigenvalue weighted by Gasteiger charge is 2.36. The van der Waals surface area contributed by atoms with E-state index in [1.54, 1.807) is 14.2 Å². The van der Waals surface area contributed by atoms with Crippen LogP contribution in [0.3, 0.4) is 0 Å². The molecule has 3 nitrogen and oxygen atoms in total. The molecule has 0 heterocycles. The van der Waals surface area contributed by atoms with Gasteiger partial charge in [-0.15, -0.1) is 0 Å². The quantitative estimate of drug-likeness (QED) is 0.670. The van der Waals surface area contributed by atoms with Gasteiger partial charge in [0.2, 0.25) is 0 Å². The van der Waals surface area contributed by atoms with Crippen molar-refractivity contribution in [2.45, 2.75) is 38.6 Å². The molecule has 0 aromatic heterocycles. The van der Waals surface area contributed by atoms with Gasteiger partial charge in [-0.2, -0.15) is 0 Å². The molecule has 1 fully saturated rings. The van der Waals surface area contributed by atoms with E-state index in [9.17, 15) is 0 Å². The summed E-state index contributed by atoms with van der Waals surface area (Å²) in [5, 5.41) is 3.55. The van der Waals surface area contributed by atoms with Gasteiger partial charge < -0.3 is 14.8 Å². The largest absolute Gasteiger partial charge is 0.385 e. The van der Waals surface area contributed by atoms with Crippen LogP contribution in [0, 0.1) is 5.41 Å². The van der Waals surface area contributed by atoms with Gasteiger partial charge in [0.05, 0.1) is 6.61 Å². The fraction of sp³-hybridized carbons (Fsp3) is 1.00. The Labute approximate surface area is 93.5 Å². The van der Waals surface area contributed by atoms with Crippen LogP contribution in [0.2, 0.25) is 0 Å². The standard InChI is InChI=1S/C12H25NO2/c1-11(9-15-3)13-10-12(5-4-6-12)7-8-14-2/h11,13H,4-10H2,1-3H3. The normalized spacial score (nSPS) is 21.0. The van der Waals surface area contributed by atoms with E-state index in [2.05, 4.69) is 12.2 Å². The highest BCUT2D eigenvalue weighted by molar-refractivity contribution is 4.90. The molecule has 1 N–H and O–H groups in total. The minimum absolute atomic E-state index is 0.454. The maximum atomic E-state index is 5.18. The van der Waals surface area contributed by atoms with Crippen LogP contribution in [0.15, 0.2) is 0 Å². The van der Waals surface area contributed by atoms with Crippen molar-refractivity contribution in [3.05, 3.63) is 0 Å². The van der Waals surface area contributed by atoms with Crippen LogP contribution in [-0.2, 0) is 9.47 Å². The van der Waals surface area contributed by atoms with Gasteiger partial charge >= 0.3 is 0 Å². The molecule has 1 unspecified atom stereocenters. The fourth-order valence-electron chi connectivity index (χ4n) is 2.21. The first-order valence-electron chi connectivity index (χ1n) is 5.94. The molecule has 1 atom stereocenters. The van der Waals surface area contributed by atoms with E-state index in [1.807, 2.05) is 0 Å². The third-order valence-corrected chi connectivity index (χ3v) is 3.49. The Morgan fingerprint density at radius 1 is 1.27 bits per heavy atom. The highest BCUT2D eigenvalue weighted by Crippen LogP contribution is 2.43. The van der Waals surface area contributed by atoms with Crippen LogP contribution in [0.4, 0.5) is 0 Å². The van der Waals surface area contributed by atoms with Gasteiger partial charge in [0.1, 0.15) is 0 Å². The number of methoxy groups -OCH3 is 2. The lowest BCUT2D eigenvalue weighted by Crippen LogP contribution is -2.44. The molecule has 0 aromatic carbocycles. The van der Waals surface area contributed by atoms with Crippen molar-refractivity contribution < 1.29 is 9.47 Å². The second-order valence-corrected chi connectivity index (χ2v) is 4.83. The van der Waals surface area contributed by atoms with Crippen LogP contribution in [-0.4, -0.2) is 40.0 Å². The Morgan fingerprint density at radius 3 is 2.47 bits per heavy atom. The predicted octanol–water partition coefficient (Wildman–Crippen LogP) is 1.82. The van der Waals surface area contributed by atoms with Gasteiger partial charge in [-0.1, -0.05) is 6.42 Å². The third-order valence-electron chi connectivity index (χ3n) is 3.49. The van der Waals surface area contributed by atoms with Crippen LogP contribution in [0.5, 0.6) is 0 Å². The van der Waals surface area contributed by atoms with E-state index < -0.39 is 0 Å². The summed E-state index contributed by atoms with van der Waals surface area (Å²) in [6.07, 6.45) is 5.27. The van der Waals surface area contributed by atoms with Gasteiger partial charge in [0.15, 0.2) is 0 Å². The van der Waals surface area contributed by atoms with Crippen molar-refractivity contribution in [2.24, 2.45) is 5.41 Å². The first-order chi connectivity index (χ1) is 7.22. The Hall–Kier alpha value is -0.120. The van der Waals surface area contributed by atoms with Gasteiger partial charge in [0, 0.05) is 33.4 Å². The minimum atomic E-state index is 0.454. The summed E-state index contributed by atoms with van der Waals surface area (Å²) in [5.41, 5.74) is 0.512. The molecule has 0 saturated heterocycles. The highest BCUT2D eigenvalue weighted by atomic mass is 16.5. The Kier molecular flexibility index (Phi) is 5.58. The van der Waals surface area contributed by atoms with E-state index in [1.165, 1.54) is 25.7 Å². The van der Waals surface area contributed by atoms with E-state index in [-0.39, 0.29) is 0 Å². The van der Waals surface area contributed by atoms with Gasteiger partial charge in [-0.25, -0.2) is 0 Å². The van der Waals surface area contributed by atoms with E-state index in [0.29, 0.717) is 11.5 Å². The molecule has 1 rings (SSSR count). The van der Waals surface area contributed by atoms with Gasteiger partial charge in [0.25, 0.3) is 0 Å². The molecule has 0 bridgehead atoms. The lowest BCUT2D eigenvalue weighted by Gasteiger charge is -2.43. The molecule has 0 spiro atoms. The number of nitrogens with one attached hydrogen (secondary N) is 1. The maximum absolute atomic E-state index is 5.18. The Balaban J connectivity index is 2.21. The summed E-state index contributed by atoms with van der Waals surface area (Å²) in [6.45, 7) is 4.97. The van der Waals surface area contributed by atoms with Crippen molar-refractivity contribution in [1.82, 2.24) is 5.32 Å². The minimum Gasteiger partial charge on any atom is -0.385 e. The average Bonchev–Trinajstić information content (AvgIpc) is 2.16. The number of hydrogen-bond donors (Lipinski definition) is 1. The molecular formula is C12H25NO2. The predicted molar refractivity (Wildman–Crippen MR) is 62.1 cm³/mol. The zero-order valence-electron chi connectivity index (χ0n) is 10.3. The molecule has 15 heavy (non-hydrogen) atoms. The van der Waals surface area contributed by atoms with Crippen molar-refractivity contribution in [3.63, 3.8) is 0 Å². The molecule has 1 saturated carbocycles. The molecule has 1 aliphatic carbocycles. The van der Waals surface area contributed by atoms with E-state index >= 15 is 0 Å². The first-order valence-corrected chi connectivity index (χ1v) is 5.94. The smallest absolute Gasteiger partial charge is 0.0613 e. The van der Waals surface area contributed by atoms with E-state index in [4.69, 9.17) is 9.47 Å². The summed E-state index contributed by atoms with van der Waals surface area (Å²) in [7, 11) is 3.54. The SMILES string of the molecule is COCCC1(CNC(C)COC)CCC1. The first kappa shape index (κ1) is 12.9. The maximum Gasteiger partial charge on any atom is 0.0613 e. The summed E-state index contributed by atoms with van der Waals surface area (Å²) in [5.74, 6) is 0. The molecular weight excluding hydrogens is 190 g/mol. The third kappa shape index (κ3) is 4.09. The molecule has 0 aromatic rings. The van der Waals surface area contributed by atoms with Crippen molar-refractivity contribution >= 4 is 0 Å². The number of rotatable bonds is 8. The van der Waals surface area contributed by atoms with Crippen LogP contribution in [0.25, 0.3) is 0 Å². The molecule has 3 heteroatoms. The van der Waals surface area contributed by atoms with Crippen molar-refractivity contribution in [1.29, 1.82) is 0 Å². The topological polar surface area (TPSA) is 30.5 Å². The monoisotopic (exact) mass is 215 g/mol. The molecule has 90 valence electrons. The zero-order valence-corrected chi connectivity index (χ0v) is 10.3. The van der Waals surface area contributed by atoms with Crippen molar-refractivity contribution in [2.75, 3.05) is 34.0 Å². The molecule has 1 aliphatic rings. The number of hydrogen-bond acceptors (Lipinski definition) is 3. The van der Waals surface area contributed by atoms with Crippen LogP contribution >= 0.6 is 0 Å². The van der Waals surface area contributed by atoms with Crippen LogP contribution < -0.4 is 5.32 Å². The summed E-state index contributed by atoms with van der Waals surface area (Å²) in [6, 6.07) is 0.454. The summed E-state index contributed by atoms with van der Waals surface area (Å²) in [4.78, 5) is 0. The molecule has 0 amide bonds. The molecule has 0 aliphatic heterocycles. The van der Waals surface area contributed by atoms with Crippen LogP contribution in [0.1, 0.15) is 32.6 Å². The zero-order chi connectivity index (χ0) is 11.1.